The van der Waals surface area contributed by atoms with Gasteiger partial charge in [-0.3, -0.25) is 14.7 Å². The first-order valence-electron chi connectivity index (χ1n) is 9.76. The van der Waals surface area contributed by atoms with Gasteiger partial charge < -0.3 is 10.2 Å². The van der Waals surface area contributed by atoms with Crippen LogP contribution in [0.25, 0.3) is 0 Å². The molecule has 136 valence electrons. The lowest BCUT2D eigenvalue weighted by molar-refractivity contribution is -0.141. The number of aromatic amines is 1. The van der Waals surface area contributed by atoms with Gasteiger partial charge >= 0.3 is 0 Å². The van der Waals surface area contributed by atoms with Crippen molar-refractivity contribution in [3.8, 4) is 0 Å². The molecular formula is C19H28N4O2. The van der Waals surface area contributed by atoms with E-state index in [0.717, 1.165) is 44.3 Å². The lowest BCUT2D eigenvalue weighted by Crippen LogP contribution is -2.56. The molecule has 0 radical (unpaired) electrons. The molecule has 1 aromatic heterocycles. The van der Waals surface area contributed by atoms with Crippen LogP contribution in [0.5, 0.6) is 0 Å². The number of aromatic nitrogens is 2. The summed E-state index contributed by atoms with van der Waals surface area (Å²) in [6, 6.07) is 2.18. The fourth-order valence-electron chi connectivity index (χ4n) is 4.79. The molecule has 1 aromatic rings. The van der Waals surface area contributed by atoms with Crippen LogP contribution in [0.1, 0.15) is 80.4 Å². The number of rotatable bonds is 6. The Hall–Kier alpha value is -1.85. The second-order valence-electron chi connectivity index (χ2n) is 8.02. The number of nitrogens with zero attached hydrogens (tertiary/aromatic N) is 2. The molecule has 0 aromatic carbocycles. The van der Waals surface area contributed by atoms with Gasteiger partial charge in [0.1, 0.15) is 5.69 Å². The Morgan fingerprint density at radius 3 is 3.00 bits per heavy atom. The Balaban J connectivity index is 1.43. The van der Waals surface area contributed by atoms with Gasteiger partial charge in [-0.1, -0.05) is 13.3 Å². The number of hydrogen-bond donors (Lipinski definition) is 2. The Morgan fingerprint density at radius 2 is 2.24 bits per heavy atom. The van der Waals surface area contributed by atoms with Gasteiger partial charge in [0.2, 0.25) is 5.91 Å². The third kappa shape index (κ3) is 3.07. The molecule has 3 fully saturated rings. The lowest BCUT2D eigenvalue weighted by Gasteiger charge is -2.46. The van der Waals surface area contributed by atoms with Crippen molar-refractivity contribution in [2.24, 2.45) is 5.41 Å². The van der Waals surface area contributed by atoms with Crippen molar-refractivity contribution in [1.82, 2.24) is 20.4 Å². The zero-order chi connectivity index (χ0) is 17.4. The van der Waals surface area contributed by atoms with E-state index >= 15 is 0 Å². The summed E-state index contributed by atoms with van der Waals surface area (Å²) in [6.07, 6.45) is 8.18. The van der Waals surface area contributed by atoms with Gasteiger partial charge in [0.25, 0.3) is 5.91 Å². The highest BCUT2D eigenvalue weighted by molar-refractivity contribution is 5.92. The first kappa shape index (κ1) is 16.6. The van der Waals surface area contributed by atoms with Gasteiger partial charge in [0.05, 0.1) is 0 Å². The summed E-state index contributed by atoms with van der Waals surface area (Å²) in [6.45, 7) is 3.61. The lowest BCUT2D eigenvalue weighted by atomic mass is 9.74. The van der Waals surface area contributed by atoms with Gasteiger partial charge in [-0.05, 0) is 44.6 Å². The van der Waals surface area contributed by atoms with Crippen molar-refractivity contribution in [2.75, 3.05) is 13.1 Å². The van der Waals surface area contributed by atoms with Crippen LogP contribution >= 0.6 is 0 Å². The molecule has 2 aliphatic carbocycles. The molecule has 2 atom stereocenters. The van der Waals surface area contributed by atoms with Crippen molar-refractivity contribution in [1.29, 1.82) is 0 Å². The minimum absolute atomic E-state index is 0.0500. The summed E-state index contributed by atoms with van der Waals surface area (Å²) in [5.74, 6) is 0.762. The van der Waals surface area contributed by atoms with E-state index in [0.29, 0.717) is 24.6 Å². The van der Waals surface area contributed by atoms with Gasteiger partial charge in [-0.25, -0.2) is 0 Å². The van der Waals surface area contributed by atoms with Crippen molar-refractivity contribution in [3.05, 3.63) is 17.5 Å². The summed E-state index contributed by atoms with van der Waals surface area (Å²) >= 11 is 0. The molecule has 0 spiro atoms. The molecule has 2 saturated carbocycles. The second-order valence-corrected chi connectivity index (χ2v) is 8.02. The molecule has 6 nitrogen and oxygen atoms in total. The van der Waals surface area contributed by atoms with Crippen LogP contribution in [0.2, 0.25) is 0 Å². The van der Waals surface area contributed by atoms with E-state index in [1.54, 1.807) is 0 Å². The topological polar surface area (TPSA) is 78.1 Å². The first-order chi connectivity index (χ1) is 12.1. The average Bonchev–Trinajstić information content (AvgIpc) is 3.19. The number of carbonyl (C=O) groups is 2. The van der Waals surface area contributed by atoms with E-state index in [2.05, 4.69) is 27.3 Å². The number of carbonyl (C=O) groups excluding carboxylic acids is 2. The first-order valence-corrected chi connectivity index (χ1v) is 9.76. The minimum Gasteiger partial charge on any atom is -0.350 e. The smallest absolute Gasteiger partial charge is 0.271 e. The highest BCUT2D eigenvalue weighted by Gasteiger charge is 2.50. The van der Waals surface area contributed by atoms with Gasteiger partial charge in [0, 0.05) is 42.6 Å². The van der Waals surface area contributed by atoms with Gasteiger partial charge in [0.15, 0.2) is 0 Å². The zero-order valence-electron chi connectivity index (χ0n) is 15.0. The van der Waals surface area contributed by atoms with E-state index in [9.17, 15) is 9.59 Å². The molecule has 2 heterocycles. The van der Waals surface area contributed by atoms with Crippen LogP contribution in [0.15, 0.2) is 6.07 Å². The quantitative estimate of drug-likeness (QED) is 0.832. The number of likely N-dealkylation sites (tertiary alicyclic amines) is 1. The molecule has 4 rings (SSSR count). The summed E-state index contributed by atoms with van der Waals surface area (Å²) in [4.78, 5) is 26.9. The van der Waals surface area contributed by atoms with Crippen LogP contribution in [-0.4, -0.2) is 46.0 Å². The maximum absolute atomic E-state index is 12.5. The van der Waals surface area contributed by atoms with Crippen molar-refractivity contribution in [2.45, 2.75) is 70.3 Å². The van der Waals surface area contributed by atoms with E-state index in [1.807, 2.05) is 6.07 Å². The number of piperidine rings is 1. The van der Waals surface area contributed by atoms with Crippen LogP contribution in [0.4, 0.5) is 0 Å². The summed E-state index contributed by atoms with van der Waals surface area (Å²) in [5, 5.41) is 10.3. The molecule has 2 N–H and O–H groups in total. The third-order valence-corrected chi connectivity index (χ3v) is 6.31. The monoisotopic (exact) mass is 344 g/mol. The number of fused-ring (bicyclic) bond motifs is 1. The molecule has 6 heteroatoms. The van der Waals surface area contributed by atoms with E-state index in [-0.39, 0.29) is 23.3 Å². The summed E-state index contributed by atoms with van der Waals surface area (Å²) in [7, 11) is 0. The van der Waals surface area contributed by atoms with Crippen molar-refractivity contribution >= 4 is 11.8 Å². The fourth-order valence-corrected chi connectivity index (χ4v) is 4.79. The highest BCUT2D eigenvalue weighted by atomic mass is 16.2. The van der Waals surface area contributed by atoms with Gasteiger partial charge in [-0.2, -0.15) is 5.10 Å². The number of hydrogen-bond acceptors (Lipinski definition) is 3. The van der Waals surface area contributed by atoms with E-state index in [1.165, 1.54) is 12.8 Å². The standard InChI is InChI=1S/C19H28N4O2/c1-2-10-23-16-4-3-8-19(16,9-7-17(23)24)12-20-18(25)15-11-14(21-22-15)13-5-6-13/h11,13,16H,2-10,12H2,1H3,(H,20,25)(H,21,22)/t16-,19+/m1/s1. The van der Waals surface area contributed by atoms with Crippen molar-refractivity contribution < 1.29 is 9.59 Å². The van der Waals surface area contributed by atoms with Crippen LogP contribution < -0.4 is 5.32 Å². The number of H-pyrrole nitrogens is 1. The molecule has 0 unspecified atom stereocenters. The number of amides is 2. The summed E-state index contributed by atoms with van der Waals surface area (Å²) < 4.78 is 0. The zero-order valence-corrected chi connectivity index (χ0v) is 15.0. The maximum atomic E-state index is 12.5. The third-order valence-electron chi connectivity index (χ3n) is 6.31. The molecular weight excluding hydrogens is 316 g/mol. The number of nitrogens with one attached hydrogen (secondary N) is 2. The van der Waals surface area contributed by atoms with Crippen LogP contribution in [0.3, 0.4) is 0 Å². The van der Waals surface area contributed by atoms with E-state index < -0.39 is 0 Å². The molecule has 1 aliphatic heterocycles. The maximum Gasteiger partial charge on any atom is 0.271 e. The van der Waals surface area contributed by atoms with Gasteiger partial charge in [-0.15, -0.1) is 0 Å². The largest absolute Gasteiger partial charge is 0.350 e. The molecule has 0 bridgehead atoms. The Bertz CT molecular complexity index is 666. The van der Waals surface area contributed by atoms with Crippen molar-refractivity contribution in [3.63, 3.8) is 0 Å². The Kier molecular flexibility index (Phi) is 4.29. The fraction of sp³-hybridized carbons (Fsp3) is 0.737. The molecule has 3 aliphatic rings. The molecule has 1 saturated heterocycles. The Labute approximate surface area is 148 Å². The second kappa shape index (κ2) is 6.46. The Morgan fingerprint density at radius 1 is 1.40 bits per heavy atom. The predicted octanol–water partition coefficient (Wildman–Crippen LogP) is 2.59. The normalized spacial score (nSPS) is 28.9. The minimum atomic E-state index is -0.0953. The highest BCUT2D eigenvalue weighted by Crippen LogP contribution is 2.47. The summed E-state index contributed by atoms with van der Waals surface area (Å²) in [5.41, 5.74) is 1.62. The van der Waals surface area contributed by atoms with Crippen LogP contribution in [-0.2, 0) is 4.79 Å². The predicted molar refractivity (Wildman–Crippen MR) is 94.2 cm³/mol. The van der Waals surface area contributed by atoms with Crippen LogP contribution in [0, 0.1) is 5.41 Å². The molecule has 2 amide bonds. The molecule has 25 heavy (non-hydrogen) atoms. The SMILES string of the molecule is CCCN1C(=O)CC[C@]2(CNC(=O)c3cc(C4CC4)[nH]n3)CCC[C@@H]12. The average molecular weight is 344 g/mol. The van der Waals surface area contributed by atoms with E-state index in [4.69, 9.17) is 0 Å².